The molecule has 2 heterocycles. The van der Waals surface area contributed by atoms with Gasteiger partial charge in [0.2, 0.25) is 29.0 Å². The number of benzene rings is 3. The van der Waals surface area contributed by atoms with E-state index in [4.69, 9.17) is 4.74 Å². The molecule has 0 N–H and O–H groups in total. The molecule has 3 atom stereocenters. The molecule has 1 aliphatic carbocycles. The van der Waals surface area contributed by atoms with Crippen molar-refractivity contribution in [3.05, 3.63) is 101 Å². The molecule has 6 nitrogen and oxygen atoms in total. The van der Waals surface area contributed by atoms with Gasteiger partial charge in [-0.05, 0) is 36.8 Å². The van der Waals surface area contributed by atoms with Gasteiger partial charge < -0.3 is 4.74 Å². The summed E-state index contributed by atoms with van der Waals surface area (Å²) in [5, 5.41) is 0. The Morgan fingerprint density at radius 1 is 0.824 bits per heavy atom. The summed E-state index contributed by atoms with van der Waals surface area (Å²) in [6, 6.07) is 18.6. The van der Waals surface area contributed by atoms with Crippen LogP contribution in [0.3, 0.4) is 0 Å². The zero-order chi connectivity index (χ0) is 23.8. The quantitative estimate of drug-likeness (QED) is 0.433. The van der Waals surface area contributed by atoms with E-state index in [1.807, 2.05) is 6.92 Å². The zero-order valence-corrected chi connectivity index (χ0v) is 18.0. The van der Waals surface area contributed by atoms with E-state index < -0.39 is 52.7 Å². The van der Waals surface area contributed by atoms with E-state index in [1.54, 1.807) is 42.5 Å². The number of halogens is 1. The van der Waals surface area contributed by atoms with Gasteiger partial charge in [0.05, 0.1) is 23.6 Å². The number of anilines is 1. The van der Waals surface area contributed by atoms with Gasteiger partial charge in [0.1, 0.15) is 5.82 Å². The summed E-state index contributed by atoms with van der Waals surface area (Å²) in [7, 11) is 0. The van der Waals surface area contributed by atoms with E-state index in [1.165, 1.54) is 30.3 Å². The molecule has 2 saturated heterocycles. The van der Waals surface area contributed by atoms with Gasteiger partial charge in [-0.1, -0.05) is 54.1 Å². The van der Waals surface area contributed by atoms with Gasteiger partial charge in [-0.15, -0.1) is 0 Å². The topological polar surface area (TPSA) is 80.8 Å². The molecule has 7 heteroatoms. The number of rotatable bonds is 2. The molecular formula is C27H18FNO5. The number of Topliss-reactive ketones (excluding diaryl/α,β-unsaturated/α-hetero) is 2. The Labute approximate surface area is 193 Å². The van der Waals surface area contributed by atoms with E-state index in [9.17, 15) is 23.6 Å². The van der Waals surface area contributed by atoms with Crippen LogP contribution in [-0.4, -0.2) is 29.0 Å². The average Bonchev–Trinajstić information content (AvgIpc) is 3.40. The van der Waals surface area contributed by atoms with E-state index in [0.717, 1.165) is 10.5 Å². The Balaban J connectivity index is 1.55. The highest BCUT2D eigenvalue weighted by molar-refractivity contribution is 6.37. The normalized spacial score (nSPS) is 24.8. The SMILES string of the molecule is Cc1ccc(N2C(=O)[C@@H]3[C@H](c4cccc(F)c4)OC4(C(=O)c5ccccc5C4=O)[C@H]3C2=O)cc1. The largest absolute Gasteiger partial charge is 0.349 e. The summed E-state index contributed by atoms with van der Waals surface area (Å²) in [6.07, 6.45) is -1.14. The number of carbonyl (C=O) groups excluding carboxylic acids is 4. The summed E-state index contributed by atoms with van der Waals surface area (Å²) in [5.74, 6) is -5.62. The Hall–Kier alpha value is -3.97. The molecule has 3 aromatic carbocycles. The second kappa shape index (κ2) is 7.01. The van der Waals surface area contributed by atoms with Crippen LogP contribution in [0.5, 0.6) is 0 Å². The van der Waals surface area contributed by atoms with Gasteiger partial charge in [-0.2, -0.15) is 0 Å². The van der Waals surface area contributed by atoms with E-state index >= 15 is 0 Å². The van der Waals surface area contributed by atoms with Crippen molar-refractivity contribution in [2.45, 2.75) is 18.6 Å². The van der Waals surface area contributed by atoms with Crippen LogP contribution in [0.1, 0.15) is 37.9 Å². The lowest BCUT2D eigenvalue weighted by Crippen LogP contribution is -2.51. The molecule has 0 radical (unpaired) electrons. The second-order valence-corrected chi connectivity index (χ2v) is 8.88. The van der Waals surface area contributed by atoms with Crippen LogP contribution < -0.4 is 4.90 Å². The van der Waals surface area contributed by atoms with Crippen LogP contribution in [0.25, 0.3) is 0 Å². The number of hydrogen-bond acceptors (Lipinski definition) is 5. The Morgan fingerprint density at radius 2 is 1.47 bits per heavy atom. The minimum absolute atomic E-state index is 0.153. The van der Waals surface area contributed by atoms with Crippen LogP contribution in [0, 0.1) is 24.6 Å². The molecule has 168 valence electrons. The van der Waals surface area contributed by atoms with Crippen molar-refractivity contribution in [2.24, 2.45) is 11.8 Å². The van der Waals surface area contributed by atoms with Crippen LogP contribution in [0.4, 0.5) is 10.1 Å². The van der Waals surface area contributed by atoms with Crippen LogP contribution in [0.15, 0.2) is 72.8 Å². The van der Waals surface area contributed by atoms with Gasteiger partial charge in [-0.3, -0.25) is 19.2 Å². The highest BCUT2D eigenvalue weighted by Gasteiger charge is 2.74. The lowest BCUT2D eigenvalue weighted by Gasteiger charge is -2.27. The molecule has 2 amide bonds. The second-order valence-electron chi connectivity index (χ2n) is 8.88. The first-order valence-corrected chi connectivity index (χ1v) is 10.9. The Bertz CT molecular complexity index is 1380. The van der Waals surface area contributed by atoms with Crippen molar-refractivity contribution in [3.63, 3.8) is 0 Å². The predicted octanol–water partition coefficient (Wildman–Crippen LogP) is 3.83. The minimum atomic E-state index is -2.17. The number of imide groups is 1. The molecule has 3 aromatic rings. The molecule has 34 heavy (non-hydrogen) atoms. The van der Waals surface area contributed by atoms with E-state index in [-0.39, 0.29) is 16.7 Å². The maximum atomic E-state index is 14.1. The third-order valence-electron chi connectivity index (χ3n) is 6.99. The molecule has 0 bridgehead atoms. The Morgan fingerprint density at radius 3 is 2.09 bits per heavy atom. The van der Waals surface area contributed by atoms with Crippen LogP contribution >= 0.6 is 0 Å². The molecule has 1 spiro atoms. The number of hydrogen-bond donors (Lipinski definition) is 0. The maximum absolute atomic E-state index is 14.1. The van der Waals surface area contributed by atoms with E-state index in [2.05, 4.69) is 0 Å². The molecule has 3 aliphatic rings. The molecule has 0 aromatic heterocycles. The smallest absolute Gasteiger partial charge is 0.241 e. The highest BCUT2D eigenvalue weighted by atomic mass is 19.1. The summed E-state index contributed by atoms with van der Waals surface area (Å²) < 4.78 is 20.2. The third-order valence-corrected chi connectivity index (χ3v) is 6.99. The number of carbonyl (C=O) groups is 4. The summed E-state index contributed by atoms with van der Waals surface area (Å²) >= 11 is 0. The molecule has 6 rings (SSSR count). The van der Waals surface area contributed by atoms with Crippen molar-refractivity contribution in [1.29, 1.82) is 0 Å². The van der Waals surface area contributed by atoms with E-state index in [0.29, 0.717) is 5.69 Å². The summed E-state index contributed by atoms with van der Waals surface area (Å²) in [6.45, 7) is 1.88. The molecule has 2 aliphatic heterocycles. The van der Waals surface area contributed by atoms with Crippen molar-refractivity contribution < 1.29 is 28.3 Å². The van der Waals surface area contributed by atoms with Gasteiger partial charge in [0.15, 0.2) is 0 Å². The van der Waals surface area contributed by atoms with Gasteiger partial charge in [0, 0.05) is 11.1 Å². The Kier molecular flexibility index (Phi) is 4.25. The number of fused-ring (bicyclic) bond motifs is 3. The lowest BCUT2D eigenvalue weighted by molar-refractivity contribution is -0.127. The standard InChI is InChI=1S/C27H18FNO5/c1-14-9-11-17(12-10-14)29-25(32)20-21(26(29)33)27(34-22(20)15-5-4-6-16(28)13-15)23(30)18-7-2-3-8-19(18)24(27)31/h2-13,20-22H,1H3/t20-,21+,22-/m0/s1. The number of aryl methyl sites for hydroxylation is 1. The number of amides is 2. The fourth-order valence-corrected chi connectivity index (χ4v) is 5.45. The van der Waals surface area contributed by atoms with Crippen molar-refractivity contribution >= 4 is 29.1 Å². The molecule has 0 unspecified atom stereocenters. The fourth-order valence-electron chi connectivity index (χ4n) is 5.45. The van der Waals surface area contributed by atoms with Gasteiger partial charge >= 0.3 is 0 Å². The number of ether oxygens (including phenoxy) is 1. The van der Waals surface area contributed by atoms with Crippen molar-refractivity contribution in [2.75, 3.05) is 4.90 Å². The van der Waals surface area contributed by atoms with Gasteiger partial charge in [-0.25, -0.2) is 9.29 Å². The van der Waals surface area contributed by atoms with Gasteiger partial charge in [0.25, 0.3) is 0 Å². The fraction of sp³-hybridized carbons (Fsp3) is 0.185. The van der Waals surface area contributed by atoms with Crippen LogP contribution in [0.2, 0.25) is 0 Å². The maximum Gasteiger partial charge on any atom is 0.241 e. The molecule has 0 saturated carbocycles. The molecular weight excluding hydrogens is 437 g/mol. The third kappa shape index (κ3) is 2.53. The monoisotopic (exact) mass is 455 g/mol. The molecule has 2 fully saturated rings. The summed E-state index contributed by atoms with van der Waals surface area (Å²) in [5.41, 5.74) is -0.288. The minimum Gasteiger partial charge on any atom is -0.349 e. The number of ketones is 2. The summed E-state index contributed by atoms with van der Waals surface area (Å²) in [4.78, 5) is 55.8. The highest BCUT2D eigenvalue weighted by Crippen LogP contribution is 2.57. The van der Waals surface area contributed by atoms with Crippen molar-refractivity contribution in [3.8, 4) is 0 Å². The first kappa shape index (κ1) is 20.6. The van der Waals surface area contributed by atoms with Crippen molar-refractivity contribution in [1.82, 2.24) is 0 Å². The number of nitrogens with zero attached hydrogens (tertiary/aromatic N) is 1. The first-order chi connectivity index (χ1) is 16.3. The van der Waals surface area contributed by atoms with Crippen LogP contribution in [-0.2, 0) is 14.3 Å². The first-order valence-electron chi connectivity index (χ1n) is 10.9. The zero-order valence-electron chi connectivity index (χ0n) is 18.0. The predicted molar refractivity (Wildman–Crippen MR) is 119 cm³/mol. The lowest BCUT2D eigenvalue weighted by atomic mass is 9.77. The average molecular weight is 455 g/mol.